The Morgan fingerprint density at radius 3 is 2.22 bits per heavy atom. The van der Waals surface area contributed by atoms with Crippen molar-refractivity contribution in [3.63, 3.8) is 0 Å². The predicted octanol–water partition coefficient (Wildman–Crippen LogP) is 7.10. The smallest absolute Gasteiger partial charge is 0.162 e. The first-order valence-electron chi connectivity index (χ1n) is 9.89. The lowest BCUT2D eigenvalue weighted by Crippen LogP contribution is -2.14. The molecule has 0 amide bonds. The number of halogens is 4. The summed E-state index contributed by atoms with van der Waals surface area (Å²) in [6.07, 6.45) is 7.33. The maximum atomic E-state index is 14.2. The quantitative estimate of drug-likeness (QED) is 0.470. The molecule has 0 radical (unpaired) electrons. The van der Waals surface area contributed by atoms with Gasteiger partial charge in [-0.15, -0.1) is 0 Å². The standard InChI is InChI=1S/C23H26F4/c1-2-3-15-4-8-17(9-5-15)19-13-18(23(27)22(26)14-19)10-6-16-7-11-20(24)21(25)12-16/h7,11-15,17H,2-6,8-10H2,1H3. The molecule has 0 atom stereocenters. The first kappa shape index (κ1) is 19.9. The van der Waals surface area contributed by atoms with E-state index in [2.05, 4.69) is 6.92 Å². The molecular weight excluding hydrogens is 352 g/mol. The second-order valence-electron chi connectivity index (χ2n) is 7.73. The van der Waals surface area contributed by atoms with Crippen molar-refractivity contribution in [2.45, 2.75) is 64.2 Å². The van der Waals surface area contributed by atoms with E-state index in [1.807, 2.05) is 0 Å². The van der Waals surface area contributed by atoms with Crippen LogP contribution in [-0.2, 0) is 12.8 Å². The molecule has 2 aromatic rings. The van der Waals surface area contributed by atoms with Crippen molar-refractivity contribution in [1.82, 2.24) is 0 Å². The summed E-state index contributed by atoms with van der Waals surface area (Å²) in [5.74, 6) is -2.45. The fourth-order valence-corrected chi connectivity index (χ4v) is 4.25. The summed E-state index contributed by atoms with van der Waals surface area (Å²) >= 11 is 0. The SMILES string of the molecule is CCCC1CCC(c2cc(F)c(F)c(CCc3ccc(F)c(F)c3)c2)CC1. The minimum atomic E-state index is -0.920. The highest BCUT2D eigenvalue weighted by atomic mass is 19.2. The lowest BCUT2D eigenvalue weighted by molar-refractivity contribution is 0.307. The molecule has 1 fully saturated rings. The second kappa shape index (κ2) is 8.90. The Morgan fingerprint density at radius 2 is 1.56 bits per heavy atom. The molecule has 0 saturated heterocycles. The zero-order chi connectivity index (χ0) is 19.4. The summed E-state index contributed by atoms with van der Waals surface area (Å²) < 4.78 is 54.8. The molecule has 0 aromatic heterocycles. The van der Waals surface area contributed by atoms with E-state index in [0.717, 1.165) is 49.3 Å². The van der Waals surface area contributed by atoms with Gasteiger partial charge in [-0.2, -0.15) is 0 Å². The van der Waals surface area contributed by atoms with Crippen molar-refractivity contribution >= 4 is 0 Å². The van der Waals surface area contributed by atoms with Crippen LogP contribution in [0, 0.1) is 29.2 Å². The van der Waals surface area contributed by atoms with Crippen LogP contribution in [-0.4, -0.2) is 0 Å². The van der Waals surface area contributed by atoms with Gasteiger partial charge in [-0.25, -0.2) is 17.6 Å². The minimum Gasteiger partial charge on any atom is -0.204 e. The summed E-state index contributed by atoms with van der Waals surface area (Å²) in [7, 11) is 0. The molecule has 0 bridgehead atoms. The molecule has 1 saturated carbocycles. The maximum Gasteiger partial charge on any atom is 0.162 e. The van der Waals surface area contributed by atoms with Gasteiger partial charge in [0.1, 0.15) is 0 Å². The molecule has 4 heteroatoms. The van der Waals surface area contributed by atoms with Gasteiger partial charge in [0.15, 0.2) is 23.3 Å². The Kier molecular flexibility index (Phi) is 6.56. The highest BCUT2D eigenvalue weighted by molar-refractivity contribution is 5.30. The van der Waals surface area contributed by atoms with Gasteiger partial charge in [0.2, 0.25) is 0 Å². The third-order valence-corrected chi connectivity index (χ3v) is 5.81. The van der Waals surface area contributed by atoms with Crippen LogP contribution in [0.5, 0.6) is 0 Å². The lowest BCUT2D eigenvalue weighted by Gasteiger charge is -2.29. The van der Waals surface area contributed by atoms with Gasteiger partial charge < -0.3 is 0 Å². The van der Waals surface area contributed by atoms with Gasteiger partial charge >= 0.3 is 0 Å². The molecule has 3 rings (SSSR count). The molecule has 0 aliphatic heterocycles. The topological polar surface area (TPSA) is 0 Å². The molecule has 1 aliphatic carbocycles. The normalized spacial score (nSPS) is 20.0. The molecule has 0 nitrogen and oxygen atoms in total. The van der Waals surface area contributed by atoms with E-state index >= 15 is 0 Å². The molecule has 1 aliphatic rings. The van der Waals surface area contributed by atoms with Crippen molar-refractivity contribution in [3.05, 3.63) is 70.3 Å². The third kappa shape index (κ3) is 4.91. The zero-order valence-electron chi connectivity index (χ0n) is 15.7. The molecule has 0 N–H and O–H groups in total. The zero-order valence-corrected chi connectivity index (χ0v) is 15.7. The molecule has 27 heavy (non-hydrogen) atoms. The second-order valence-corrected chi connectivity index (χ2v) is 7.73. The summed E-state index contributed by atoms with van der Waals surface area (Å²) in [5, 5.41) is 0. The van der Waals surface area contributed by atoms with Crippen molar-refractivity contribution < 1.29 is 17.6 Å². The molecule has 146 valence electrons. The Labute approximate surface area is 158 Å². The molecule has 0 heterocycles. The van der Waals surface area contributed by atoms with Gasteiger partial charge in [0.05, 0.1) is 0 Å². The van der Waals surface area contributed by atoms with E-state index in [4.69, 9.17) is 0 Å². The van der Waals surface area contributed by atoms with Crippen molar-refractivity contribution in [2.24, 2.45) is 5.92 Å². The fraction of sp³-hybridized carbons (Fsp3) is 0.478. The number of hydrogen-bond donors (Lipinski definition) is 0. The largest absolute Gasteiger partial charge is 0.204 e. The van der Waals surface area contributed by atoms with Crippen molar-refractivity contribution in [2.75, 3.05) is 0 Å². The average molecular weight is 378 g/mol. The van der Waals surface area contributed by atoms with E-state index in [1.165, 1.54) is 25.0 Å². The summed E-state index contributed by atoms with van der Waals surface area (Å²) in [5.41, 5.74) is 1.74. The molecule has 0 spiro atoms. The highest BCUT2D eigenvalue weighted by Gasteiger charge is 2.23. The Hall–Kier alpha value is -1.84. The highest BCUT2D eigenvalue weighted by Crippen LogP contribution is 2.38. The molecular formula is C23H26F4. The fourth-order valence-electron chi connectivity index (χ4n) is 4.25. The Bertz CT molecular complexity index is 776. The maximum absolute atomic E-state index is 14.2. The van der Waals surface area contributed by atoms with E-state index in [9.17, 15) is 17.6 Å². The van der Waals surface area contributed by atoms with Crippen molar-refractivity contribution in [3.8, 4) is 0 Å². The van der Waals surface area contributed by atoms with E-state index in [1.54, 1.807) is 6.07 Å². The van der Waals surface area contributed by atoms with Crippen LogP contribution >= 0.6 is 0 Å². The van der Waals surface area contributed by atoms with E-state index in [0.29, 0.717) is 17.5 Å². The predicted molar refractivity (Wildman–Crippen MR) is 99.7 cm³/mol. The first-order chi connectivity index (χ1) is 13.0. The third-order valence-electron chi connectivity index (χ3n) is 5.81. The van der Waals surface area contributed by atoms with Gasteiger partial charge in [-0.3, -0.25) is 0 Å². The summed E-state index contributed by atoms with van der Waals surface area (Å²) in [6, 6.07) is 6.76. The van der Waals surface area contributed by atoms with Gasteiger partial charge in [-0.1, -0.05) is 31.9 Å². The van der Waals surface area contributed by atoms with Gasteiger partial charge in [0.25, 0.3) is 0 Å². The number of aryl methyl sites for hydroxylation is 2. The van der Waals surface area contributed by atoms with E-state index < -0.39 is 23.3 Å². The van der Waals surface area contributed by atoms with Crippen LogP contribution in [0.3, 0.4) is 0 Å². The van der Waals surface area contributed by atoms with Crippen LogP contribution in [0.2, 0.25) is 0 Å². The monoisotopic (exact) mass is 378 g/mol. The summed E-state index contributed by atoms with van der Waals surface area (Å²) in [6.45, 7) is 2.20. The van der Waals surface area contributed by atoms with Gasteiger partial charge in [0, 0.05) is 0 Å². The van der Waals surface area contributed by atoms with Gasteiger partial charge in [-0.05, 0) is 85.3 Å². The number of hydrogen-bond acceptors (Lipinski definition) is 0. The Morgan fingerprint density at radius 1 is 0.815 bits per heavy atom. The first-order valence-corrected chi connectivity index (χ1v) is 9.89. The minimum absolute atomic E-state index is 0.257. The lowest BCUT2D eigenvalue weighted by atomic mass is 9.77. The Balaban J connectivity index is 1.71. The van der Waals surface area contributed by atoms with Crippen LogP contribution < -0.4 is 0 Å². The van der Waals surface area contributed by atoms with Crippen molar-refractivity contribution in [1.29, 1.82) is 0 Å². The van der Waals surface area contributed by atoms with Crippen LogP contribution in [0.15, 0.2) is 30.3 Å². The number of benzene rings is 2. The van der Waals surface area contributed by atoms with Crippen LogP contribution in [0.25, 0.3) is 0 Å². The number of rotatable bonds is 6. The molecule has 2 aromatic carbocycles. The summed E-state index contributed by atoms with van der Waals surface area (Å²) in [4.78, 5) is 0. The van der Waals surface area contributed by atoms with E-state index in [-0.39, 0.29) is 12.3 Å². The van der Waals surface area contributed by atoms with Crippen LogP contribution in [0.1, 0.15) is 68.1 Å². The average Bonchev–Trinajstić information content (AvgIpc) is 2.66. The molecule has 0 unspecified atom stereocenters. The van der Waals surface area contributed by atoms with Crippen LogP contribution in [0.4, 0.5) is 17.6 Å².